The number of aryl methyl sites for hydroxylation is 2. The first kappa shape index (κ1) is 19.8. The molecule has 2 aromatic rings. The number of carbonyl (C=O) groups is 3. The first-order valence-corrected chi connectivity index (χ1v) is 9.13. The van der Waals surface area contributed by atoms with Gasteiger partial charge in [-0.05, 0) is 63.1 Å². The molecule has 0 saturated carbocycles. The van der Waals surface area contributed by atoms with Crippen LogP contribution in [0.15, 0.2) is 42.5 Å². The molecule has 0 unspecified atom stereocenters. The number of hydrogen-bond acceptors (Lipinski definition) is 4. The number of ether oxygens (including phenoxy) is 1. The van der Waals surface area contributed by atoms with E-state index >= 15 is 0 Å². The maximum atomic E-state index is 12.6. The molecule has 1 aliphatic rings. The van der Waals surface area contributed by atoms with Crippen LogP contribution in [0.4, 0.5) is 5.69 Å². The van der Waals surface area contributed by atoms with Crippen molar-refractivity contribution in [3.8, 4) is 0 Å². The maximum Gasteiger partial charge on any atom is 0.262 e. The molecule has 28 heavy (non-hydrogen) atoms. The van der Waals surface area contributed by atoms with Crippen LogP contribution < -0.4 is 5.32 Å². The lowest BCUT2D eigenvalue weighted by Gasteiger charge is -2.33. The van der Waals surface area contributed by atoms with Gasteiger partial charge >= 0.3 is 0 Å². The monoisotopic (exact) mass is 380 g/mol. The van der Waals surface area contributed by atoms with Gasteiger partial charge < -0.3 is 10.1 Å². The zero-order chi connectivity index (χ0) is 20.5. The number of amides is 3. The normalized spacial score (nSPS) is 13.6. The molecule has 0 aromatic heterocycles. The van der Waals surface area contributed by atoms with Crippen molar-refractivity contribution >= 4 is 23.4 Å². The van der Waals surface area contributed by atoms with Crippen LogP contribution >= 0.6 is 0 Å². The van der Waals surface area contributed by atoms with Crippen LogP contribution in [0.25, 0.3) is 0 Å². The fourth-order valence-electron chi connectivity index (χ4n) is 3.44. The molecule has 6 heteroatoms. The van der Waals surface area contributed by atoms with E-state index in [4.69, 9.17) is 4.74 Å². The molecule has 0 spiro atoms. The van der Waals surface area contributed by atoms with Gasteiger partial charge in [-0.25, -0.2) is 0 Å². The number of anilines is 1. The Bertz CT molecular complexity index is 894. The van der Waals surface area contributed by atoms with Crippen molar-refractivity contribution in [2.45, 2.75) is 33.2 Å². The Morgan fingerprint density at radius 1 is 1.00 bits per heavy atom. The van der Waals surface area contributed by atoms with Crippen LogP contribution in [0.5, 0.6) is 0 Å². The lowest BCUT2D eigenvalue weighted by molar-refractivity contribution is -0.121. The van der Waals surface area contributed by atoms with E-state index in [0.29, 0.717) is 16.8 Å². The van der Waals surface area contributed by atoms with E-state index in [9.17, 15) is 14.4 Å². The predicted molar refractivity (Wildman–Crippen MR) is 106 cm³/mol. The molecule has 1 heterocycles. The molecule has 0 radical (unpaired) electrons. The highest BCUT2D eigenvalue weighted by molar-refractivity contribution is 6.21. The lowest BCUT2D eigenvalue weighted by Crippen LogP contribution is -2.50. The smallest absolute Gasteiger partial charge is 0.262 e. The van der Waals surface area contributed by atoms with E-state index in [0.717, 1.165) is 11.1 Å². The first-order chi connectivity index (χ1) is 13.2. The molecule has 0 atom stereocenters. The molecule has 1 aliphatic heterocycles. The number of fused-ring (bicyclic) bond motifs is 1. The largest absolute Gasteiger partial charge is 0.369 e. The average Bonchev–Trinajstić information content (AvgIpc) is 2.85. The van der Waals surface area contributed by atoms with E-state index in [2.05, 4.69) is 5.32 Å². The number of carbonyl (C=O) groups excluding carboxylic acids is 3. The van der Waals surface area contributed by atoms with Crippen LogP contribution in [0.2, 0.25) is 0 Å². The van der Waals surface area contributed by atoms with Crippen molar-refractivity contribution in [3.05, 3.63) is 64.7 Å². The molecule has 0 fully saturated rings. The Morgan fingerprint density at radius 3 is 2.07 bits per heavy atom. The van der Waals surface area contributed by atoms with Gasteiger partial charge in [0.15, 0.2) is 0 Å². The van der Waals surface area contributed by atoms with Gasteiger partial charge in [0, 0.05) is 5.69 Å². The van der Waals surface area contributed by atoms with Crippen LogP contribution in [0.1, 0.15) is 45.7 Å². The molecule has 3 rings (SSSR count). The molecular formula is C22H24N2O4. The highest BCUT2D eigenvalue weighted by Gasteiger charge is 2.44. The van der Waals surface area contributed by atoms with Crippen molar-refractivity contribution in [1.82, 2.24) is 4.90 Å². The summed E-state index contributed by atoms with van der Waals surface area (Å²) >= 11 is 0. The molecule has 0 aliphatic carbocycles. The van der Waals surface area contributed by atoms with Crippen molar-refractivity contribution in [2.24, 2.45) is 0 Å². The molecule has 146 valence electrons. The molecule has 1 N–H and O–H groups in total. The molecule has 6 nitrogen and oxygen atoms in total. The Morgan fingerprint density at radius 2 is 1.54 bits per heavy atom. The summed E-state index contributed by atoms with van der Waals surface area (Å²) in [4.78, 5) is 38.6. The first-order valence-electron chi connectivity index (χ1n) is 9.13. The zero-order valence-electron chi connectivity index (χ0n) is 16.5. The summed E-state index contributed by atoms with van der Waals surface area (Å²) in [6.45, 7) is 7.30. The van der Waals surface area contributed by atoms with Crippen molar-refractivity contribution in [1.29, 1.82) is 0 Å². The van der Waals surface area contributed by atoms with Crippen LogP contribution in [0, 0.1) is 13.8 Å². The van der Waals surface area contributed by atoms with Crippen LogP contribution in [0.3, 0.4) is 0 Å². The van der Waals surface area contributed by atoms with Gasteiger partial charge in [-0.15, -0.1) is 0 Å². The Hall–Kier alpha value is -2.99. The third-order valence-electron chi connectivity index (χ3n) is 4.59. The van der Waals surface area contributed by atoms with E-state index < -0.39 is 5.54 Å². The molecule has 2 aromatic carbocycles. The van der Waals surface area contributed by atoms with Gasteiger partial charge in [0.05, 0.1) is 23.3 Å². The molecule has 0 saturated heterocycles. The van der Waals surface area contributed by atoms with Crippen LogP contribution in [-0.2, 0) is 9.53 Å². The minimum atomic E-state index is -0.882. The summed E-state index contributed by atoms with van der Waals surface area (Å²) in [5.74, 6) is -0.967. The third-order valence-corrected chi connectivity index (χ3v) is 4.59. The second-order valence-corrected chi connectivity index (χ2v) is 7.72. The van der Waals surface area contributed by atoms with Gasteiger partial charge in [0.2, 0.25) is 5.91 Å². The fourth-order valence-corrected chi connectivity index (χ4v) is 3.44. The van der Waals surface area contributed by atoms with E-state index in [1.807, 2.05) is 32.0 Å². The average molecular weight is 380 g/mol. The zero-order valence-corrected chi connectivity index (χ0v) is 16.5. The summed E-state index contributed by atoms with van der Waals surface area (Å²) in [5.41, 5.74) is 2.74. The molecule has 0 bridgehead atoms. The summed E-state index contributed by atoms with van der Waals surface area (Å²) < 4.78 is 5.54. The predicted octanol–water partition coefficient (Wildman–Crippen LogP) is 3.33. The van der Waals surface area contributed by atoms with Gasteiger partial charge in [0.1, 0.15) is 6.61 Å². The second kappa shape index (κ2) is 7.56. The van der Waals surface area contributed by atoms with E-state index in [1.165, 1.54) is 4.90 Å². The van der Waals surface area contributed by atoms with Gasteiger partial charge in [0.25, 0.3) is 11.8 Å². The second-order valence-electron chi connectivity index (χ2n) is 7.72. The van der Waals surface area contributed by atoms with Crippen molar-refractivity contribution < 1.29 is 19.1 Å². The SMILES string of the molecule is Cc1cc(C)cc(NC(=O)COCC(C)(C)N2C(=O)c3ccccc3C2=O)c1. The third kappa shape index (κ3) is 3.97. The van der Waals surface area contributed by atoms with Gasteiger partial charge in [-0.1, -0.05) is 18.2 Å². The number of hydrogen-bond donors (Lipinski definition) is 1. The number of nitrogens with one attached hydrogen (secondary N) is 1. The number of benzene rings is 2. The molecular weight excluding hydrogens is 356 g/mol. The van der Waals surface area contributed by atoms with Gasteiger partial charge in [-0.2, -0.15) is 0 Å². The topological polar surface area (TPSA) is 75.7 Å². The Kier molecular flexibility index (Phi) is 5.34. The fraction of sp³-hybridized carbons (Fsp3) is 0.318. The minimum absolute atomic E-state index is 0.0543. The maximum absolute atomic E-state index is 12.6. The van der Waals surface area contributed by atoms with Crippen molar-refractivity contribution in [2.75, 3.05) is 18.5 Å². The molecule has 3 amide bonds. The summed E-state index contributed by atoms with van der Waals surface area (Å²) in [6, 6.07) is 12.5. The minimum Gasteiger partial charge on any atom is -0.369 e. The standard InChI is InChI=1S/C22H24N2O4/c1-14-9-15(2)11-16(10-14)23-19(25)12-28-13-22(3,4)24-20(26)17-7-5-6-8-18(17)21(24)27/h5-11H,12-13H2,1-4H3,(H,23,25). The van der Waals surface area contributed by atoms with Crippen molar-refractivity contribution in [3.63, 3.8) is 0 Å². The summed E-state index contributed by atoms with van der Waals surface area (Å²) in [7, 11) is 0. The van der Waals surface area contributed by atoms with Crippen LogP contribution in [-0.4, -0.2) is 41.4 Å². The Labute approximate surface area is 164 Å². The number of rotatable bonds is 6. The quantitative estimate of drug-likeness (QED) is 0.780. The van der Waals surface area contributed by atoms with E-state index in [1.54, 1.807) is 38.1 Å². The van der Waals surface area contributed by atoms with E-state index in [-0.39, 0.29) is 30.9 Å². The lowest BCUT2D eigenvalue weighted by atomic mass is 10.0. The summed E-state index contributed by atoms with van der Waals surface area (Å²) in [5, 5.41) is 2.80. The Balaban J connectivity index is 1.59. The highest BCUT2D eigenvalue weighted by atomic mass is 16.5. The summed E-state index contributed by atoms with van der Waals surface area (Å²) in [6.07, 6.45) is 0. The number of imide groups is 1. The van der Waals surface area contributed by atoms with Gasteiger partial charge in [-0.3, -0.25) is 19.3 Å². The highest BCUT2D eigenvalue weighted by Crippen LogP contribution is 2.29. The number of nitrogens with zero attached hydrogens (tertiary/aromatic N) is 1.